The number of nitrogens with zero attached hydrogens (tertiary/aromatic N) is 1. The minimum absolute atomic E-state index is 0.0733. The first-order valence-corrected chi connectivity index (χ1v) is 6.57. The van der Waals surface area contributed by atoms with Crippen molar-refractivity contribution in [3.63, 3.8) is 0 Å². The Balaban J connectivity index is 2.06. The molecule has 0 bridgehead atoms. The molecule has 0 unspecified atom stereocenters. The lowest BCUT2D eigenvalue weighted by Gasteiger charge is -2.07. The molecule has 0 heterocycles. The van der Waals surface area contributed by atoms with Gasteiger partial charge in [0.05, 0.1) is 16.6 Å². The van der Waals surface area contributed by atoms with Crippen molar-refractivity contribution < 1.29 is 4.39 Å². The Kier molecular flexibility index (Phi) is 4.82. The second-order valence-electron chi connectivity index (χ2n) is 4.07. The van der Waals surface area contributed by atoms with E-state index in [0.29, 0.717) is 12.2 Å². The highest BCUT2D eigenvalue weighted by Crippen LogP contribution is 2.27. The fraction of sp³-hybridized carbons (Fsp3) is 0.0714. The number of aliphatic imine (C=N–C) groups is 1. The van der Waals surface area contributed by atoms with Gasteiger partial charge in [-0.15, -0.1) is 0 Å². The van der Waals surface area contributed by atoms with Crippen molar-refractivity contribution >= 4 is 34.8 Å². The van der Waals surface area contributed by atoms with Crippen molar-refractivity contribution in [2.45, 2.75) is 6.54 Å². The van der Waals surface area contributed by atoms with E-state index in [-0.39, 0.29) is 16.0 Å². The summed E-state index contributed by atoms with van der Waals surface area (Å²) < 4.78 is 13.3. The van der Waals surface area contributed by atoms with E-state index < -0.39 is 5.82 Å². The van der Waals surface area contributed by atoms with Crippen LogP contribution in [-0.2, 0) is 6.54 Å². The Labute approximate surface area is 126 Å². The molecule has 0 aliphatic carbocycles. The molecule has 3 nitrogen and oxygen atoms in total. The number of rotatable bonds is 3. The van der Waals surface area contributed by atoms with Gasteiger partial charge in [-0.3, -0.25) is 0 Å². The Morgan fingerprint density at radius 1 is 1.15 bits per heavy atom. The number of benzene rings is 2. The van der Waals surface area contributed by atoms with Crippen LogP contribution >= 0.6 is 23.2 Å². The molecule has 0 radical (unpaired) electrons. The smallest absolute Gasteiger partial charge is 0.193 e. The van der Waals surface area contributed by atoms with E-state index in [1.807, 2.05) is 30.3 Å². The molecule has 0 amide bonds. The molecule has 0 fully saturated rings. The maximum Gasteiger partial charge on any atom is 0.193 e. The molecule has 0 saturated carbocycles. The average molecular weight is 312 g/mol. The molecule has 2 aromatic rings. The molecule has 104 valence electrons. The van der Waals surface area contributed by atoms with Crippen molar-refractivity contribution in [2.75, 3.05) is 5.32 Å². The van der Waals surface area contributed by atoms with Crippen molar-refractivity contribution in [1.82, 2.24) is 0 Å². The van der Waals surface area contributed by atoms with E-state index in [1.165, 1.54) is 12.1 Å². The number of nitrogens with one attached hydrogen (secondary N) is 1. The van der Waals surface area contributed by atoms with Gasteiger partial charge in [0.25, 0.3) is 0 Å². The number of nitrogens with two attached hydrogens (primary N) is 1. The maximum absolute atomic E-state index is 13.3. The van der Waals surface area contributed by atoms with Gasteiger partial charge in [-0.1, -0.05) is 53.5 Å². The summed E-state index contributed by atoms with van der Waals surface area (Å²) >= 11 is 11.4. The highest BCUT2D eigenvalue weighted by Gasteiger charge is 2.07. The van der Waals surface area contributed by atoms with Gasteiger partial charge in [0.2, 0.25) is 0 Å². The van der Waals surface area contributed by atoms with Gasteiger partial charge in [0.1, 0.15) is 0 Å². The summed E-state index contributed by atoms with van der Waals surface area (Å²) in [5.41, 5.74) is 7.27. The van der Waals surface area contributed by atoms with Crippen molar-refractivity contribution in [2.24, 2.45) is 10.7 Å². The molecule has 0 aliphatic rings. The van der Waals surface area contributed by atoms with Crippen molar-refractivity contribution in [1.29, 1.82) is 0 Å². The lowest BCUT2D eigenvalue weighted by Crippen LogP contribution is -2.22. The van der Waals surface area contributed by atoms with E-state index in [2.05, 4.69) is 10.3 Å². The molecule has 0 saturated heterocycles. The van der Waals surface area contributed by atoms with Gasteiger partial charge in [-0.05, 0) is 17.7 Å². The molecular formula is C14H12Cl2FN3. The molecule has 3 N–H and O–H groups in total. The van der Waals surface area contributed by atoms with E-state index in [0.717, 1.165) is 5.56 Å². The quantitative estimate of drug-likeness (QED) is 0.510. The van der Waals surface area contributed by atoms with Crippen molar-refractivity contribution in [3.8, 4) is 0 Å². The van der Waals surface area contributed by atoms with Crippen LogP contribution < -0.4 is 11.1 Å². The molecule has 2 aromatic carbocycles. The summed E-state index contributed by atoms with van der Waals surface area (Å²) in [7, 11) is 0. The zero-order valence-corrected chi connectivity index (χ0v) is 11.9. The summed E-state index contributed by atoms with van der Waals surface area (Å²) in [5.74, 6) is -0.453. The molecule has 0 atom stereocenters. The van der Waals surface area contributed by atoms with Gasteiger partial charge in [0, 0.05) is 5.69 Å². The number of anilines is 1. The van der Waals surface area contributed by atoms with Gasteiger partial charge in [0.15, 0.2) is 11.8 Å². The SMILES string of the molecule is NC(=NCc1ccccc1)Nc1cc(Cl)c(F)c(Cl)c1. The Morgan fingerprint density at radius 2 is 1.75 bits per heavy atom. The van der Waals surface area contributed by atoms with E-state index in [1.54, 1.807) is 0 Å². The second kappa shape index (κ2) is 6.59. The molecule has 2 rings (SSSR count). The van der Waals surface area contributed by atoms with Crippen LogP contribution in [0.5, 0.6) is 0 Å². The first kappa shape index (κ1) is 14.6. The van der Waals surface area contributed by atoms with E-state index >= 15 is 0 Å². The zero-order valence-electron chi connectivity index (χ0n) is 10.4. The number of hydrogen-bond donors (Lipinski definition) is 2. The number of halogens is 3. The predicted molar refractivity (Wildman–Crippen MR) is 81.8 cm³/mol. The maximum atomic E-state index is 13.3. The molecule has 20 heavy (non-hydrogen) atoms. The molecule has 0 aliphatic heterocycles. The van der Waals surface area contributed by atoms with E-state index in [9.17, 15) is 4.39 Å². The Bertz CT molecular complexity index is 607. The largest absolute Gasteiger partial charge is 0.370 e. The van der Waals surface area contributed by atoms with E-state index in [4.69, 9.17) is 28.9 Å². The minimum Gasteiger partial charge on any atom is -0.370 e. The Hall–Kier alpha value is -1.78. The topological polar surface area (TPSA) is 50.4 Å². The normalized spacial score (nSPS) is 11.4. The fourth-order valence-corrected chi connectivity index (χ4v) is 2.06. The lowest BCUT2D eigenvalue weighted by atomic mass is 10.2. The zero-order chi connectivity index (χ0) is 14.5. The van der Waals surface area contributed by atoms with Gasteiger partial charge in [-0.2, -0.15) is 0 Å². The van der Waals surface area contributed by atoms with Crippen LogP contribution in [0.15, 0.2) is 47.5 Å². The van der Waals surface area contributed by atoms with Crippen LogP contribution in [0.2, 0.25) is 10.0 Å². The highest BCUT2D eigenvalue weighted by atomic mass is 35.5. The van der Waals surface area contributed by atoms with Gasteiger partial charge >= 0.3 is 0 Å². The minimum atomic E-state index is -0.654. The van der Waals surface area contributed by atoms with Crippen LogP contribution in [0.25, 0.3) is 0 Å². The van der Waals surface area contributed by atoms with Crippen molar-refractivity contribution in [3.05, 3.63) is 63.9 Å². The third-order valence-corrected chi connectivity index (χ3v) is 3.08. The molecule has 0 spiro atoms. The summed E-state index contributed by atoms with van der Waals surface area (Å²) in [6, 6.07) is 12.5. The molecule has 0 aromatic heterocycles. The van der Waals surface area contributed by atoms with Gasteiger partial charge in [-0.25, -0.2) is 9.38 Å². The standard InChI is InChI=1S/C14H12Cl2FN3/c15-11-6-10(7-12(16)13(11)17)20-14(18)19-8-9-4-2-1-3-5-9/h1-7H,8H2,(H3,18,19,20). The summed E-state index contributed by atoms with van der Waals surface area (Å²) in [6.07, 6.45) is 0. The second-order valence-corrected chi connectivity index (χ2v) is 4.88. The first-order chi connectivity index (χ1) is 9.56. The van der Waals surface area contributed by atoms with Crippen LogP contribution in [0, 0.1) is 5.82 Å². The summed E-state index contributed by atoms with van der Waals surface area (Å²) in [4.78, 5) is 4.17. The summed E-state index contributed by atoms with van der Waals surface area (Å²) in [5, 5.41) is 2.67. The monoisotopic (exact) mass is 311 g/mol. The van der Waals surface area contributed by atoms with Crippen LogP contribution in [0.4, 0.5) is 10.1 Å². The Morgan fingerprint density at radius 3 is 2.35 bits per heavy atom. The number of guanidine groups is 1. The summed E-state index contributed by atoms with van der Waals surface area (Å²) in [6.45, 7) is 0.447. The fourth-order valence-electron chi connectivity index (χ4n) is 1.57. The highest BCUT2D eigenvalue weighted by molar-refractivity contribution is 6.35. The molecule has 6 heteroatoms. The third-order valence-electron chi connectivity index (χ3n) is 2.53. The average Bonchev–Trinajstić information content (AvgIpc) is 2.43. The van der Waals surface area contributed by atoms with Crippen LogP contribution in [0.1, 0.15) is 5.56 Å². The first-order valence-electron chi connectivity index (χ1n) is 5.81. The molecular weight excluding hydrogens is 300 g/mol. The lowest BCUT2D eigenvalue weighted by molar-refractivity contribution is 0.629. The third kappa shape index (κ3) is 3.85. The van der Waals surface area contributed by atoms with Gasteiger partial charge < -0.3 is 11.1 Å². The van der Waals surface area contributed by atoms with Crippen LogP contribution in [0.3, 0.4) is 0 Å². The predicted octanol–water partition coefficient (Wildman–Crippen LogP) is 4.06. The number of hydrogen-bond acceptors (Lipinski definition) is 1. The van der Waals surface area contributed by atoms with Crippen LogP contribution in [-0.4, -0.2) is 5.96 Å².